The van der Waals surface area contributed by atoms with Gasteiger partial charge in [0, 0.05) is 34.5 Å². The monoisotopic (exact) mass is 452 g/mol. The SMILES string of the molecule is CCNC(=O)[C@@H](C)N(Cc1ccc(Cl)cc1)C(=O)CCCSc1ccc(Cl)cc1. The first kappa shape index (κ1) is 23.6. The summed E-state index contributed by atoms with van der Waals surface area (Å²) in [5.41, 5.74) is 0.939. The molecule has 0 radical (unpaired) electrons. The molecule has 0 aliphatic carbocycles. The summed E-state index contributed by atoms with van der Waals surface area (Å²) in [6.45, 7) is 4.54. The number of halogens is 2. The Bertz CT molecular complexity index is 797. The van der Waals surface area contributed by atoms with Crippen molar-refractivity contribution in [2.24, 2.45) is 0 Å². The van der Waals surface area contributed by atoms with Gasteiger partial charge in [0.1, 0.15) is 6.04 Å². The van der Waals surface area contributed by atoms with Crippen LogP contribution in [0.25, 0.3) is 0 Å². The zero-order chi connectivity index (χ0) is 21.2. The van der Waals surface area contributed by atoms with Crippen LogP contribution in [0.3, 0.4) is 0 Å². The number of likely N-dealkylation sites (N-methyl/N-ethyl adjacent to an activating group) is 1. The fourth-order valence-electron chi connectivity index (χ4n) is 2.78. The molecule has 156 valence electrons. The summed E-state index contributed by atoms with van der Waals surface area (Å²) in [4.78, 5) is 28.0. The van der Waals surface area contributed by atoms with Crippen molar-refractivity contribution in [2.45, 2.75) is 44.2 Å². The highest BCUT2D eigenvalue weighted by Crippen LogP contribution is 2.22. The number of thioether (sulfide) groups is 1. The predicted molar refractivity (Wildman–Crippen MR) is 122 cm³/mol. The van der Waals surface area contributed by atoms with E-state index >= 15 is 0 Å². The van der Waals surface area contributed by atoms with E-state index in [1.807, 2.05) is 43.3 Å². The summed E-state index contributed by atoms with van der Waals surface area (Å²) in [6.07, 6.45) is 1.11. The largest absolute Gasteiger partial charge is 0.355 e. The number of benzene rings is 2. The van der Waals surface area contributed by atoms with E-state index in [1.54, 1.807) is 35.7 Å². The lowest BCUT2D eigenvalue weighted by Gasteiger charge is -2.28. The molecule has 4 nitrogen and oxygen atoms in total. The molecule has 0 spiro atoms. The number of nitrogens with zero attached hydrogens (tertiary/aromatic N) is 1. The normalized spacial score (nSPS) is 11.7. The maximum absolute atomic E-state index is 12.9. The Morgan fingerprint density at radius 1 is 1.03 bits per heavy atom. The molecular formula is C22H26Cl2N2O2S. The van der Waals surface area contributed by atoms with Crippen LogP contribution in [-0.4, -0.2) is 35.1 Å². The molecule has 0 bridgehead atoms. The van der Waals surface area contributed by atoms with Gasteiger partial charge in [0.05, 0.1) is 0 Å². The molecule has 0 aromatic heterocycles. The van der Waals surface area contributed by atoms with Crippen LogP contribution in [0.1, 0.15) is 32.3 Å². The fourth-order valence-corrected chi connectivity index (χ4v) is 3.88. The van der Waals surface area contributed by atoms with Crippen LogP contribution in [0.2, 0.25) is 10.0 Å². The molecule has 2 aromatic rings. The van der Waals surface area contributed by atoms with Gasteiger partial charge in [0.2, 0.25) is 11.8 Å². The molecule has 0 saturated heterocycles. The number of carbonyl (C=O) groups is 2. The minimum absolute atomic E-state index is 0.0320. The standard InChI is InChI=1S/C22H26Cl2N2O2S/c1-3-25-22(28)16(2)26(15-17-6-8-18(23)9-7-17)21(27)5-4-14-29-20-12-10-19(24)11-13-20/h6-13,16H,3-5,14-15H2,1-2H3,(H,25,28)/t16-/m1/s1. The Hall–Kier alpha value is -1.69. The van der Waals surface area contributed by atoms with Gasteiger partial charge in [-0.2, -0.15) is 0 Å². The Morgan fingerprint density at radius 2 is 1.62 bits per heavy atom. The Labute approximate surface area is 187 Å². The summed E-state index contributed by atoms with van der Waals surface area (Å²) in [7, 11) is 0. The summed E-state index contributed by atoms with van der Waals surface area (Å²) in [6, 6.07) is 14.5. The molecule has 0 unspecified atom stereocenters. The van der Waals surface area contributed by atoms with Crippen LogP contribution in [0, 0.1) is 0 Å². The van der Waals surface area contributed by atoms with Crippen molar-refractivity contribution >= 4 is 46.8 Å². The summed E-state index contributed by atoms with van der Waals surface area (Å²) in [5.74, 6) is 0.637. The second-order valence-electron chi connectivity index (χ2n) is 6.62. The highest BCUT2D eigenvalue weighted by molar-refractivity contribution is 7.99. The van der Waals surface area contributed by atoms with E-state index < -0.39 is 6.04 Å². The third-order valence-corrected chi connectivity index (χ3v) is 6.00. The number of nitrogens with one attached hydrogen (secondary N) is 1. The number of carbonyl (C=O) groups excluding carboxylic acids is 2. The molecule has 0 saturated carbocycles. The summed E-state index contributed by atoms with van der Waals surface area (Å²) in [5, 5.41) is 4.15. The van der Waals surface area contributed by atoms with Crippen molar-refractivity contribution in [1.29, 1.82) is 0 Å². The van der Waals surface area contributed by atoms with Gasteiger partial charge in [-0.1, -0.05) is 35.3 Å². The molecule has 2 aromatic carbocycles. The van der Waals surface area contributed by atoms with Crippen molar-refractivity contribution in [3.63, 3.8) is 0 Å². The smallest absolute Gasteiger partial charge is 0.242 e. The zero-order valence-electron chi connectivity index (χ0n) is 16.7. The Kier molecular flexibility index (Phi) is 9.85. The first-order valence-electron chi connectivity index (χ1n) is 9.60. The van der Waals surface area contributed by atoms with Crippen molar-refractivity contribution in [3.05, 3.63) is 64.1 Å². The molecule has 29 heavy (non-hydrogen) atoms. The van der Waals surface area contributed by atoms with Crippen LogP contribution in [-0.2, 0) is 16.1 Å². The fraction of sp³-hybridized carbons (Fsp3) is 0.364. The van der Waals surface area contributed by atoms with Crippen LogP contribution < -0.4 is 5.32 Å². The van der Waals surface area contributed by atoms with Gasteiger partial charge in [-0.25, -0.2) is 0 Å². The first-order chi connectivity index (χ1) is 13.9. The molecule has 2 amide bonds. The van der Waals surface area contributed by atoms with Gasteiger partial charge in [-0.15, -0.1) is 11.8 Å². The minimum Gasteiger partial charge on any atom is -0.355 e. The van der Waals surface area contributed by atoms with Gasteiger partial charge >= 0.3 is 0 Å². The van der Waals surface area contributed by atoms with E-state index in [9.17, 15) is 9.59 Å². The summed E-state index contributed by atoms with van der Waals surface area (Å²) >= 11 is 13.5. The zero-order valence-corrected chi connectivity index (χ0v) is 19.0. The van der Waals surface area contributed by atoms with Crippen LogP contribution in [0.4, 0.5) is 0 Å². The Balaban J connectivity index is 1.96. The van der Waals surface area contributed by atoms with E-state index in [4.69, 9.17) is 23.2 Å². The van der Waals surface area contributed by atoms with Gasteiger partial charge in [-0.3, -0.25) is 9.59 Å². The van der Waals surface area contributed by atoms with Crippen molar-refractivity contribution in [3.8, 4) is 0 Å². The number of amides is 2. The van der Waals surface area contributed by atoms with E-state index in [1.165, 1.54) is 0 Å². The second-order valence-corrected chi connectivity index (χ2v) is 8.67. The van der Waals surface area contributed by atoms with Crippen LogP contribution in [0.15, 0.2) is 53.4 Å². The maximum atomic E-state index is 12.9. The number of hydrogen-bond acceptors (Lipinski definition) is 3. The van der Waals surface area contributed by atoms with E-state index in [0.29, 0.717) is 29.6 Å². The quantitative estimate of drug-likeness (QED) is 0.386. The molecule has 7 heteroatoms. The molecule has 0 aliphatic rings. The average Bonchev–Trinajstić information content (AvgIpc) is 2.71. The second kappa shape index (κ2) is 12.1. The average molecular weight is 453 g/mol. The maximum Gasteiger partial charge on any atom is 0.242 e. The van der Waals surface area contributed by atoms with Crippen LogP contribution >= 0.6 is 35.0 Å². The lowest BCUT2D eigenvalue weighted by molar-refractivity contribution is -0.140. The predicted octanol–water partition coefficient (Wildman–Crippen LogP) is 5.42. The van der Waals surface area contributed by atoms with Crippen molar-refractivity contribution in [2.75, 3.05) is 12.3 Å². The molecule has 2 rings (SSSR count). The molecular weight excluding hydrogens is 427 g/mol. The molecule has 0 aliphatic heterocycles. The molecule has 1 N–H and O–H groups in total. The lowest BCUT2D eigenvalue weighted by Crippen LogP contribution is -2.47. The topological polar surface area (TPSA) is 49.4 Å². The van der Waals surface area contributed by atoms with Gasteiger partial charge in [0.15, 0.2) is 0 Å². The third kappa shape index (κ3) is 7.92. The van der Waals surface area contributed by atoms with E-state index in [-0.39, 0.29) is 11.8 Å². The number of hydrogen-bond donors (Lipinski definition) is 1. The third-order valence-electron chi connectivity index (χ3n) is 4.40. The highest BCUT2D eigenvalue weighted by atomic mass is 35.5. The van der Waals surface area contributed by atoms with Gasteiger partial charge in [-0.05, 0) is 68.0 Å². The van der Waals surface area contributed by atoms with Crippen molar-refractivity contribution < 1.29 is 9.59 Å². The molecule has 1 atom stereocenters. The van der Waals surface area contributed by atoms with Gasteiger partial charge < -0.3 is 10.2 Å². The minimum atomic E-state index is -0.540. The molecule has 0 fully saturated rings. The summed E-state index contributed by atoms with van der Waals surface area (Å²) < 4.78 is 0. The number of rotatable bonds is 10. The van der Waals surface area contributed by atoms with E-state index in [2.05, 4.69) is 5.32 Å². The molecule has 0 heterocycles. The Morgan fingerprint density at radius 3 is 2.21 bits per heavy atom. The van der Waals surface area contributed by atoms with Crippen molar-refractivity contribution in [1.82, 2.24) is 10.2 Å². The van der Waals surface area contributed by atoms with Crippen LogP contribution in [0.5, 0.6) is 0 Å². The van der Waals surface area contributed by atoms with E-state index in [0.717, 1.165) is 22.6 Å². The van der Waals surface area contributed by atoms with Gasteiger partial charge in [0.25, 0.3) is 0 Å². The lowest BCUT2D eigenvalue weighted by atomic mass is 10.1. The highest BCUT2D eigenvalue weighted by Gasteiger charge is 2.25. The first-order valence-corrected chi connectivity index (χ1v) is 11.3.